The van der Waals surface area contributed by atoms with Crippen molar-refractivity contribution >= 4 is 5.82 Å². The number of aromatic nitrogens is 5. The van der Waals surface area contributed by atoms with Gasteiger partial charge in [-0.2, -0.15) is 9.97 Å². The van der Waals surface area contributed by atoms with Crippen LogP contribution in [0.5, 0.6) is 0 Å². The van der Waals surface area contributed by atoms with Crippen molar-refractivity contribution in [3.05, 3.63) is 35.9 Å². The van der Waals surface area contributed by atoms with E-state index in [4.69, 9.17) is 9.05 Å². The molecular weight excluding hydrogens is 320 g/mol. The van der Waals surface area contributed by atoms with Crippen LogP contribution in [0, 0.1) is 5.92 Å². The molecule has 0 aliphatic rings. The number of hydrogen-bond donors (Lipinski definition) is 0. The van der Waals surface area contributed by atoms with Gasteiger partial charge in [-0.25, -0.2) is 4.98 Å². The number of anilines is 1. The van der Waals surface area contributed by atoms with Crippen LogP contribution in [-0.2, 0) is 19.4 Å². The Labute approximate surface area is 146 Å². The molecule has 0 amide bonds. The zero-order valence-corrected chi connectivity index (χ0v) is 14.9. The summed E-state index contributed by atoms with van der Waals surface area (Å²) >= 11 is 0. The van der Waals surface area contributed by atoms with Gasteiger partial charge in [0.05, 0.1) is 12.1 Å². The monoisotopic (exact) mass is 342 g/mol. The number of pyridine rings is 1. The molecule has 25 heavy (non-hydrogen) atoms. The van der Waals surface area contributed by atoms with Crippen LogP contribution >= 0.6 is 0 Å². The minimum absolute atomic E-state index is 0.484. The van der Waals surface area contributed by atoms with Gasteiger partial charge in [0, 0.05) is 26.1 Å². The van der Waals surface area contributed by atoms with E-state index < -0.39 is 0 Å². The van der Waals surface area contributed by atoms with E-state index in [1.165, 1.54) is 0 Å². The van der Waals surface area contributed by atoms with E-state index >= 15 is 0 Å². The summed E-state index contributed by atoms with van der Waals surface area (Å²) in [5, 5.41) is 7.96. The second kappa shape index (κ2) is 7.42. The highest BCUT2D eigenvalue weighted by Crippen LogP contribution is 2.20. The molecule has 0 saturated carbocycles. The van der Waals surface area contributed by atoms with Crippen LogP contribution in [0.3, 0.4) is 0 Å². The second-order valence-corrected chi connectivity index (χ2v) is 6.33. The third-order valence-corrected chi connectivity index (χ3v) is 3.64. The summed E-state index contributed by atoms with van der Waals surface area (Å²) in [5.74, 6) is 3.77. The Kier molecular flexibility index (Phi) is 5.06. The molecule has 0 spiro atoms. The molecule has 3 aromatic rings. The molecule has 3 aromatic heterocycles. The lowest BCUT2D eigenvalue weighted by Gasteiger charge is -2.15. The fourth-order valence-corrected chi connectivity index (χ4v) is 2.35. The van der Waals surface area contributed by atoms with Crippen LogP contribution in [0.25, 0.3) is 11.5 Å². The first-order chi connectivity index (χ1) is 12.0. The molecule has 3 heterocycles. The van der Waals surface area contributed by atoms with Gasteiger partial charge in [-0.05, 0) is 18.1 Å². The molecule has 8 nitrogen and oxygen atoms in total. The lowest BCUT2D eigenvalue weighted by molar-refractivity contribution is 0.376. The number of hydrogen-bond acceptors (Lipinski definition) is 8. The third-order valence-electron chi connectivity index (χ3n) is 3.64. The predicted octanol–water partition coefficient (Wildman–Crippen LogP) is 2.91. The molecule has 0 aliphatic heterocycles. The van der Waals surface area contributed by atoms with E-state index in [0.717, 1.165) is 30.0 Å². The molecule has 0 N–H and O–H groups in total. The van der Waals surface area contributed by atoms with Crippen LogP contribution in [0.15, 0.2) is 27.4 Å². The van der Waals surface area contributed by atoms with Gasteiger partial charge >= 0.3 is 0 Å². The van der Waals surface area contributed by atoms with E-state index in [-0.39, 0.29) is 0 Å². The zero-order chi connectivity index (χ0) is 17.8. The van der Waals surface area contributed by atoms with Crippen LogP contribution in [0.4, 0.5) is 5.82 Å². The fourth-order valence-electron chi connectivity index (χ4n) is 2.35. The van der Waals surface area contributed by atoms with Crippen LogP contribution in [-0.4, -0.2) is 32.3 Å². The summed E-state index contributed by atoms with van der Waals surface area (Å²) < 4.78 is 10.4. The standard InChI is InChI=1S/C17H22N6O2/c1-5-16-19-14(22-24-16)10-23(4)15-7-6-12(9-18-15)17-20-13(21-25-17)8-11(2)3/h6-7,9,11H,5,8,10H2,1-4H3. The first-order valence-corrected chi connectivity index (χ1v) is 8.36. The molecule has 0 fully saturated rings. The summed E-state index contributed by atoms with van der Waals surface area (Å²) in [6, 6.07) is 3.82. The lowest BCUT2D eigenvalue weighted by Crippen LogP contribution is -2.18. The van der Waals surface area contributed by atoms with Gasteiger partial charge in [0.1, 0.15) is 5.82 Å². The average Bonchev–Trinajstić information content (AvgIpc) is 3.24. The second-order valence-electron chi connectivity index (χ2n) is 6.33. The number of nitrogens with zero attached hydrogens (tertiary/aromatic N) is 6. The third kappa shape index (κ3) is 4.20. The molecule has 0 radical (unpaired) electrons. The molecule has 0 saturated heterocycles. The highest BCUT2D eigenvalue weighted by Gasteiger charge is 2.13. The van der Waals surface area contributed by atoms with E-state index in [9.17, 15) is 0 Å². The van der Waals surface area contributed by atoms with Gasteiger partial charge < -0.3 is 13.9 Å². The van der Waals surface area contributed by atoms with Crippen molar-refractivity contribution in [2.75, 3.05) is 11.9 Å². The maximum absolute atomic E-state index is 5.32. The number of rotatable bonds is 7. The van der Waals surface area contributed by atoms with Crippen molar-refractivity contribution < 1.29 is 9.05 Å². The molecule has 0 bridgehead atoms. The highest BCUT2D eigenvalue weighted by molar-refractivity contribution is 5.54. The molecule has 3 rings (SSSR count). The van der Waals surface area contributed by atoms with Crippen molar-refractivity contribution in [3.63, 3.8) is 0 Å². The van der Waals surface area contributed by atoms with Crippen molar-refractivity contribution in [1.29, 1.82) is 0 Å². The maximum atomic E-state index is 5.32. The quantitative estimate of drug-likeness (QED) is 0.647. The zero-order valence-electron chi connectivity index (χ0n) is 14.9. The van der Waals surface area contributed by atoms with Gasteiger partial charge in [0.25, 0.3) is 5.89 Å². The summed E-state index contributed by atoms with van der Waals surface area (Å²) in [5.41, 5.74) is 0.799. The first-order valence-electron chi connectivity index (χ1n) is 8.36. The van der Waals surface area contributed by atoms with Gasteiger partial charge in [-0.1, -0.05) is 31.1 Å². The van der Waals surface area contributed by atoms with Gasteiger partial charge in [-0.15, -0.1) is 0 Å². The topological polar surface area (TPSA) is 94.0 Å². The van der Waals surface area contributed by atoms with Crippen molar-refractivity contribution in [1.82, 2.24) is 25.3 Å². The number of aryl methyl sites for hydroxylation is 1. The van der Waals surface area contributed by atoms with Crippen LogP contribution in [0.2, 0.25) is 0 Å². The SMILES string of the molecule is CCc1nc(CN(C)c2ccc(-c3nc(CC(C)C)no3)cn2)no1. The fraction of sp³-hybridized carbons (Fsp3) is 0.471. The van der Waals surface area contributed by atoms with Crippen molar-refractivity contribution in [2.45, 2.75) is 40.2 Å². The van der Waals surface area contributed by atoms with E-state index in [2.05, 4.69) is 39.1 Å². The summed E-state index contributed by atoms with van der Waals surface area (Å²) in [4.78, 5) is 15.1. The summed E-state index contributed by atoms with van der Waals surface area (Å²) in [6.07, 6.45) is 3.25. The lowest BCUT2D eigenvalue weighted by atomic mass is 10.1. The highest BCUT2D eigenvalue weighted by atomic mass is 16.5. The Balaban J connectivity index is 1.67. The Hall–Kier alpha value is -2.77. The Morgan fingerprint density at radius 1 is 1.08 bits per heavy atom. The molecule has 0 aromatic carbocycles. The molecule has 0 aliphatic carbocycles. The van der Waals surface area contributed by atoms with Gasteiger partial charge in [0.15, 0.2) is 11.6 Å². The molecule has 0 unspecified atom stereocenters. The first kappa shape index (κ1) is 17.1. The molecular formula is C17H22N6O2. The predicted molar refractivity (Wildman–Crippen MR) is 91.9 cm³/mol. The maximum Gasteiger partial charge on any atom is 0.259 e. The van der Waals surface area contributed by atoms with E-state index in [0.29, 0.717) is 30.1 Å². The van der Waals surface area contributed by atoms with E-state index in [1.54, 1.807) is 6.20 Å². The van der Waals surface area contributed by atoms with Gasteiger partial charge in [-0.3, -0.25) is 0 Å². The Bertz CT molecular complexity index is 809. The Morgan fingerprint density at radius 2 is 1.88 bits per heavy atom. The van der Waals surface area contributed by atoms with Crippen LogP contribution < -0.4 is 4.90 Å². The molecule has 132 valence electrons. The summed E-state index contributed by atoms with van der Waals surface area (Å²) in [7, 11) is 1.93. The summed E-state index contributed by atoms with van der Waals surface area (Å²) in [6.45, 7) is 6.74. The minimum atomic E-state index is 0.484. The Morgan fingerprint density at radius 3 is 2.52 bits per heavy atom. The van der Waals surface area contributed by atoms with Gasteiger partial charge in [0.2, 0.25) is 5.89 Å². The smallest absolute Gasteiger partial charge is 0.259 e. The minimum Gasteiger partial charge on any atom is -0.352 e. The van der Waals surface area contributed by atoms with E-state index in [1.807, 2.05) is 31.0 Å². The molecule has 8 heteroatoms. The molecule has 0 atom stereocenters. The van der Waals surface area contributed by atoms with Crippen molar-refractivity contribution in [3.8, 4) is 11.5 Å². The average molecular weight is 342 g/mol. The normalized spacial score (nSPS) is 11.2. The van der Waals surface area contributed by atoms with Crippen molar-refractivity contribution in [2.24, 2.45) is 5.92 Å². The largest absolute Gasteiger partial charge is 0.352 e. The van der Waals surface area contributed by atoms with Crippen LogP contribution in [0.1, 0.15) is 38.3 Å².